The SMILES string of the molecule is CCn1cnnc1SCC1(C(=O)O)CS[C@@H]2C(N)C(=O)N2C1. The Bertz CT molecular complexity index is 609. The predicted molar refractivity (Wildman–Crippen MR) is 82.4 cm³/mol. The number of aromatic nitrogens is 3. The van der Waals surface area contributed by atoms with Gasteiger partial charge in [0.05, 0.1) is 0 Å². The number of carbonyl (C=O) groups is 2. The molecule has 2 aliphatic heterocycles. The number of carbonyl (C=O) groups excluding carboxylic acids is 1. The van der Waals surface area contributed by atoms with E-state index in [2.05, 4.69) is 10.2 Å². The molecular weight excluding hydrogens is 326 g/mol. The molecule has 2 aliphatic rings. The van der Waals surface area contributed by atoms with Crippen molar-refractivity contribution >= 4 is 35.4 Å². The van der Waals surface area contributed by atoms with Gasteiger partial charge in [-0.2, -0.15) is 0 Å². The number of hydrogen-bond donors (Lipinski definition) is 2. The molecular formula is C12H17N5O3S2. The first-order valence-corrected chi connectivity index (χ1v) is 8.93. The molecule has 8 nitrogen and oxygen atoms in total. The van der Waals surface area contributed by atoms with E-state index in [0.29, 0.717) is 16.7 Å². The number of carboxylic acid groups (broad SMARTS) is 1. The lowest BCUT2D eigenvalue weighted by molar-refractivity contribution is -0.155. The van der Waals surface area contributed by atoms with Crippen LogP contribution in [0, 0.1) is 5.41 Å². The van der Waals surface area contributed by atoms with E-state index < -0.39 is 17.4 Å². The van der Waals surface area contributed by atoms with Gasteiger partial charge in [-0.1, -0.05) is 11.8 Å². The number of nitrogens with zero attached hydrogens (tertiary/aromatic N) is 4. The van der Waals surface area contributed by atoms with Crippen LogP contribution in [0.4, 0.5) is 0 Å². The highest BCUT2D eigenvalue weighted by Gasteiger charge is 2.55. The maximum absolute atomic E-state index is 11.8. The quantitative estimate of drug-likeness (QED) is 0.553. The van der Waals surface area contributed by atoms with Crippen LogP contribution in [0.2, 0.25) is 0 Å². The third-order valence-electron chi connectivity index (χ3n) is 4.04. The van der Waals surface area contributed by atoms with Crippen LogP contribution in [0.25, 0.3) is 0 Å². The number of nitrogens with two attached hydrogens (primary N) is 1. The van der Waals surface area contributed by atoms with Gasteiger partial charge in [0.25, 0.3) is 0 Å². The molecule has 22 heavy (non-hydrogen) atoms. The van der Waals surface area contributed by atoms with Crippen molar-refractivity contribution < 1.29 is 14.7 Å². The second kappa shape index (κ2) is 5.74. The molecule has 0 aromatic carbocycles. The van der Waals surface area contributed by atoms with Crippen molar-refractivity contribution in [1.29, 1.82) is 0 Å². The molecule has 2 saturated heterocycles. The van der Waals surface area contributed by atoms with E-state index in [1.54, 1.807) is 11.2 Å². The normalized spacial score (nSPS) is 30.8. The van der Waals surface area contributed by atoms with Gasteiger partial charge >= 0.3 is 5.97 Å². The lowest BCUT2D eigenvalue weighted by Gasteiger charge is -2.52. The van der Waals surface area contributed by atoms with E-state index >= 15 is 0 Å². The van der Waals surface area contributed by atoms with Gasteiger partial charge in [-0.15, -0.1) is 22.0 Å². The zero-order valence-corrected chi connectivity index (χ0v) is 13.6. The number of aryl methyl sites for hydroxylation is 1. The molecule has 1 aromatic rings. The van der Waals surface area contributed by atoms with Gasteiger partial charge < -0.3 is 20.3 Å². The summed E-state index contributed by atoms with van der Waals surface area (Å²) < 4.78 is 1.86. The number of carboxylic acids is 1. The maximum Gasteiger partial charge on any atom is 0.313 e. The lowest BCUT2D eigenvalue weighted by atomic mass is 9.89. The Labute approximate surface area is 135 Å². The fraction of sp³-hybridized carbons (Fsp3) is 0.667. The predicted octanol–water partition coefficient (Wildman–Crippen LogP) is -0.296. The molecule has 120 valence electrons. The first-order valence-electron chi connectivity index (χ1n) is 6.90. The van der Waals surface area contributed by atoms with Crippen molar-refractivity contribution in [1.82, 2.24) is 19.7 Å². The topological polar surface area (TPSA) is 114 Å². The molecule has 2 fully saturated rings. The summed E-state index contributed by atoms with van der Waals surface area (Å²) in [6.45, 7) is 2.91. The monoisotopic (exact) mass is 343 g/mol. The summed E-state index contributed by atoms with van der Waals surface area (Å²) in [5, 5.41) is 18.2. The van der Waals surface area contributed by atoms with Crippen molar-refractivity contribution in [3.63, 3.8) is 0 Å². The molecule has 0 radical (unpaired) electrons. The summed E-state index contributed by atoms with van der Waals surface area (Å²) >= 11 is 2.82. The summed E-state index contributed by atoms with van der Waals surface area (Å²) in [6.07, 6.45) is 1.62. The molecule has 1 amide bonds. The third kappa shape index (κ3) is 2.38. The largest absolute Gasteiger partial charge is 0.481 e. The Morgan fingerprint density at radius 2 is 2.45 bits per heavy atom. The molecule has 10 heteroatoms. The third-order valence-corrected chi connectivity index (χ3v) is 6.92. The smallest absolute Gasteiger partial charge is 0.313 e. The number of rotatable bonds is 5. The van der Waals surface area contributed by atoms with Gasteiger partial charge in [-0.3, -0.25) is 9.59 Å². The first-order chi connectivity index (χ1) is 10.5. The Balaban J connectivity index is 1.73. The van der Waals surface area contributed by atoms with Crippen LogP contribution in [0.1, 0.15) is 6.92 Å². The average molecular weight is 343 g/mol. The summed E-state index contributed by atoms with van der Waals surface area (Å²) in [7, 11) is 0. The highest BCUT2D eigenvalue weighted by Crippen LogP contribution is 2.43. The fourth-order valence-electron chi connectivity index (χ4n) is 2.58. The molecule has 0 aliphatic carbocycles. The molecule has 3 heterocycles. The molecule has 0 saturated carbocycles. The Morgan fingerprint density at radius 3 is 3.14 bits per heavy atom. The van der Waals surface area contributed by atoms with Crippen LogP contribution in [0.3, 0.4) is 0 Å². The number of fused-ring (bicyclic) bond motifs is 1. The maximum atomic E-state index is 11.8. The van der Waals surface area contributed by atoms with Crippen LogP contribution < -0.4 is 5.73 Å². The van der Waals surface area contributed by atoms with Crippen LogP contribution in [0.5, 0.6) is 0 Å². The molecule has 2 unspecified atom stereocenters. The number of hydrogen-bond acceptors (Lipinski definition) is 7. The van der Waals surface area contributed by atoms with Crippen molar-refractivity contribution in [2.24, 2.45) is 11.1 Å². The van der Waals surface area contributed by atoms with Crippen LogP contribution in [0.15, 0.2) is 11.5 Å². The van der Waals surface area contributed by atoms with Gasteiger partial charge in [0.2, 0.25) is 5.91 Å². The van der Waals surface area contributed by atoms with Crippen molar-refractivity contribution in [3.8, 4) is 0 Å². The molecule has 0 bridgehead atoms. The molecule has 3 atom stereocenters. The van der Waals surface area contributed by atoms with E-state index in [-0.39, 0.29) is 17.8 Å². The van der Waals surface area contributed by atoms with E-state index in [0.717, 1.165) is 6.54 Å². The van der Waals surface area contributed by atoms with Crippen molar-refractivity contribution in [3.05, 3.63) is 6.33 Å². The lowest BCUT2D eigenvalue weighted by Crippen LogP contribution is -2.72. The minimum atomic E-state index is -0.980. The minimum absolute atomic E-state index is 0.0794. The average Bonchev–Trinajstić information content (AvgIpc) is 2.99. The number of β-lactam (4-membered cyclic amide) rings is 1. The van der Waals surface area contributed by atoms with E-state index in [9.17, 15) is 14.7 Å². The van der Waals surface area contributed by atoms with Gasteiger partial charge in [0.1, 0.15) is 23.2 Å². The van der Waals surface area contributed by atoms with Crippen LogP contribution in [-0.2, 0) is 16.1 Å². The second-order valence-electron chi connectivity index (χ2n) is 5.47. The molecule has 3 rings (SSSR count). The van der Waals surface area contributed by atoms with Gasteiger partial charge in [0, 0.05) is 24.6 Å². The van der Waals surface area contributed by atoms with Crippen LogP contribution >= 0.6 is 23.5 Å². The summed E-state index contributed by atoms with van der Waals surface area (Å²) in [6, 6.07) is -0.493. The summed E-state index contributed by atoms with van der Waals surface area (Å²) in [4.78, 5) is 25.2. The fourth-order valence-corrected chi connectivity index (χ4v) is 5.37. The highest BCUT2D eigenvalue weighted by molar-refractivity contribution is 8.00. The first kappa shape index (κ1) is 15.6. The minimum Gasteiger partial charge on any atom is -0.481 e. The van der Waals surface area contributed by atoms with E-state index in [1.165, 1.54) is 23.5 Å². The van der Waals surface area contributed by atoms with Gasteiger partial charge in [0.15, 0.2) is 5.16 Å². The summed E-state index contributed by atoms with van der Waals surface area (Å²) in [5.41, 5.74) is 4.76. The number of aliphatic carboxylic acids is 1. The Kier molecular flexibility index (Phi) is 4.08. The number of amides is 1. The Morgan fingerprint density at radius 1 is 1.68 bits per heavy atom. The molecule has 1 aromatic heterocycles. The molecule has 0 spiro atoms. The van der Waals surface area contributed by atoms with Gasteiger partial charge in [-0.25, -0.2) is 0 Å². The standard InChI is InChI=1S/C12H17N5O3S2/c1-2-16-6-14-15-11(16)22-5-12(10(19)20)3-17-8(18)7(13)9(17)21-4-12/h6-7,9H,2-5,13H2,1H3,(H,19,20)/t7?,9-,12?/m1/s1. The number of thioether (sulfide) groups is 2. The van der Waals surface area contributed by atoms with Gasteiger partial charge in [-0.05, 0) is 6.92 Å². The zero-order valence-electron chi connectivity index (χ0n) is 12.0. The van der Waals surface area contributed by atoms with E-state index in [1.807, 2.05) is 11.5 Å². The zero-order chi connectivity index (χ0) is 15.9. The van der Waals surface area contributed by atoms with E-state index in [4.69, 9.17) is 5.73 Å². The Hall–Kier alpha value is -1.26. The van der Waals surface area contributed by atoms with Crippen molar-refractivity contribution in [2.45, 2.75) is 30.0 Å². The highest BCUT2D eigenvalue weighted by atomic mass is 32.2. The molecule has 3 N–H and O–H groups in total. The summed E-state index contributed by atoms with van der Waals surface area (Å²) in [5.74, 6) is -0.260. The van der Waals surface area contributed by atoms with Crippen molar-refractivity contribution in [2.75, 3.05) is 18.1 Å². The van der Waals surface area contributed by atoms with Crippen LogP contribution in [-0.4, -0.2) is 66.1 Å². The second-order valence-corrected chi connectivity index (χ2v) is 7.51.